The molecule has 216 valence electrons. The van der Waals surface area contributed by atoms with Gasteiger partial charge in [-0.3, -0.25) is 0 Å². The van der Waals surface area contributed by atoms with E-state index in [9.17, 15) is 19.5 Å². The molecule has 0 fully saturated rings. The molecule has 37 heavy (non-hydrogen) atoms. The summed E-state index contributed by atoms with van der Waals surface area (Å²) < 4.78 is -0.528. The monoisotopic (exact) mass is 525 g/mol. The topological polar surface area (TPSA) is 115 Å². The summed E-state index contributed by atoms with van der Waals surface area (Å²) in [5.74, 6) is -3.86. The van der Waals surface area contributed by atoms with Gasteiger partial charge < -0.3 is 24.6 Å². The second-order valence-electron chi connectivity index (χ2n) is 10.8. The number of carboxylic acid groups (broad SMARTS) is 3. The van der Waals surface area contributed by atoms with Crippen LogP contribution >= 0.6 is 0 Å². The number of aliphatic carboxylic acids is 3. The minimum Gasteiger partial charge on any atom is -0.544 e. The lowest BCUT2D eigenvalue weighted by Gasteiger charge is -2.36. The number of nitrogens with zero attached hydrogens (tertiary/aromatic N) is 1. The maximum atomic E-state index is 11.2. The normalized spacial score (nSPS) is 11.8. The Labute approximate surface area is 225 Å². The van der Waals surface area contributed by atoms with Crippen LogP contribution in [-0.2, 0) is 14.4 Å². The van der Waals surface area contributed by atoms with Crippen molar-refractivity contribution in [2.24, 2.45) is 0 Å². The Balaban J connectivity index is 3.69. The molecule has 0 radical (unpaired) electrons. The van der Waals surface area contributed by atoms with Gasteiger partial charge in [-0.1, -0.05) is 122 Å². The van der Waals surface area contributed by atoms with Crippen molar-refractivity contribution in [1.29, 1.82) is 0 Å². The van der Waals surface area contributed by atoms with Crippen molar-refractivity contribution >= 4 is 17.9 Å². The molecule has 0 aromatic heterocycles. The molecule has 0 aliphatic heterocycles. The molecule has 0 aromatic carbocycles. The molecule has 0 aliphatic carbocycles. The number of unbranched alkanes of at least 4 members (excludes halogenated alkanes) is 18. The van der Waals surface area contributed by atoms with E-state index in [0.29, 0.717) is 12.8 Å². The van der Waals surface area contributed by atoms with E-state index < -0.39 is 42.0 Å². The van der Waals surface area contributed by atoms with E-state index in [-0.39, 0.29) is 6.54 Å². The van der Waals surface area contributed by atoms with Gasteiger partial charge >= 0.3 is 11.9 Å². The lowest BCUT2D eigenvalue weighted by molar-refractivity contribution is -0.909. The van der Waals surface area contributed by atoms with Crippen LogP contribution in [0.25, 0.3) is 0 Å². The van der Waals surface area contributed by atoms with E-state index in [2.05, 4.69) is 13.0 Å². The number of allylic oxidation sites excluding steroid dienone is 2. The molecule has 0 aromatic rings. The molecule has 0 rings (SSSR count). The van der Waals surface area contributed by atoms with E-state index in [1.807, 2.05) is 6.08 Å². The molecule has 0 aliphatic rings. The fourth-order valence-electron chi connectivity index (χ4n) is 5.02. The van der Waals surface area contributed by atoms with Gasteiger partial charge in [-0.25, -0.2) is 9.59 Å². The van der Waals surface area contributed by atoms with Crippen LogP contribution in [0.4, 0.5) is 0 Å². The Kier molecular flexibility index (Phi) is 23.2. The number of hydrogen-bond donors (Lipinski definition) is 2. The summed E-state index contributed by atoms with van der Waals surface area (Å²) in [5.41, 5.74) is 0. The van der Waals surface area contributed by atoms with Crippen LogP contribution in [0.1, 0.15) is 135 Å². The highest BCUT2D eigenvalue weighted by Crippen LogP contribution is 2.15. The Morgan fingerprint density at radius 3 is 1.27 bits per heavy atom. The molecule has 0 amide bonds. The first-order chi connectivity index (χ1) is 17.8. The minimum atomic E-state index is -1.43. The summed E-state index contributed by atoms with van der Waals surface area (Å²) in [7, 11) is 0. The summed E-state index contributed by atoms with van der Waals surface area (Å²) in [6, 6.07) is 0. The molecule has 0 spiro atoms. The van der Waals surface area contributed by atoms with Crippen molar-refractivity contribution in [1.82, 2.24) is 0 Å². The highest BCUT2D eigenvalue weighted by Gasteiger charge is 2.33. The van der Waals surface area contributed by atoms with Gasteiger partial charge in [0.15, 0.2) is 13.1 Å². The van der Waals surface area contributed by atoms with Gasteiger partial charge in [-0.2, -0.15) is 0 Å². The lowest BCUT2D eigenvalue weighted by Crippen LogP contribution is -2.59. The van der Waals surface area contributed by atoms with Crippen molar-refractivity contribution in [2.45, 2.75) is 135 Å². The highest BCUT2D eigenvalue weighted by molar-refractivity contribution is 5.72. The average Bonchev–Trinajstić information content (AvgIpc) is 2.81. The number of carbonyl (C=O) groups excluding carboxylic acids is 1. The number of carboxylic acids is 3. The molecule has 0 heterocycles. The smallest absolute Gasteiger partial charge is 0.359 e. The SMILES string of the molecule is CCCCCCCCCCCCCCCCCCC/C=C/CCC[N+](CC(=O)[O-])(CC(=O)O)CC(=O)O. The van der Waals surface area contributed by atoms with Gasteiger partial charge in [0.25, 0.3) is 0 Å². The van der Waals surface area contributed by atoms with E-state index in [1.54, 1.807) is 0 Å². The fraction of sp³-hybridized carbons (Fsp3) is 0.833. The van der Waals surface area contributed by atoms with Gasteiger partial charge in [0.1, 0.15) is 6.54 Å². The third-order valence-corrected chi connectivity index (χ3v) is 7.05. The van der Waals surface area contributed by atoms with E-state index in [0.717, 1.165) is 12.8 Å². The first kappa shape index (κ1) is 35.1. The van der Waals surface area contributed by atoms with Gasteiger partial charge in [0.05, 0.1) is 12.5 Å². The van der Waals surface area contributed by atoms with Crippen molar-refractivity contribution in [2.75, 3.05) is 26.2 Å². The predicted octanol–water partition coefficient (Wildman–Crippen LogP) is 6.10. The largest absolute Gasteiger partial charge is 0.544 e. The summed E-state index contributed by atoms with van der Waals surface area (Å²) in [4.78, 5) is 33.4. The van der Waals surface area contributed by atoms with Crippen molar-refractivity contribution in [3.63, 3.8) is 0 Å². The van der Waals surface area contributed by atoms with Crippen LogP contribution in [0.15, 0.2) is 12.2 Å². The van der Waals surface area contributed by atoms with Crippen LogP contribution in [0.3, 0.4) is 0 Å². The average molecular weight is 526 g/mol. The Hall–Kier alpha value is -1.89. The fourth-order valence-corrected chi connectivity index (χ4v) is 5.02. The molecule has 0 saturated heterocycles. The molecular weight excluding hydrogens is 470 g/mol. The van der Waals surface area contributed by atoms with Crippen molar-refractivity contribution in [3.05, 3.63) is 12.2 Å². The summed E-state index contributed by atoms with van der Waals surface area (Å²) in [6.07, 6.45) is 29.4. The zero-order valence-electron chi connectivity index (χ0n) is 23.6. The number of hydrogen-bond acceptors (Lipinski definition) is 4. The van der Waals surface area contributed by atoms with Gasteiger partial charge in [0, 0.05) is 6.42 Å². The van der Waals surface area contributed by atoms with Crippen molar-refractivity contribution in [3.8, 4) is 0 Å². The first-order valence-corrected chi connectivity index (χ1v) is 14.9. The molecule has 0 bridgehead atoms. The standard InChI is InChI=1S/C30H55NO6/c1-2-3-4-5-6-7-8-9-10-11-12-13-14-15-16-17-18-19-20-21-22-23-24-31(25-28(32)33,26-29(34)35)27-30(36)37/h20-21H,2-19,22-27H2,1H3,(H2-,32,33,34,35,36,37)/b21-20+. The third-order valence-electron chi connectivity index (χ3n) is 7.05. The minimum absolute atomic E-state index is 0.177. The second kappa shape index (κ2) is 24.4. The predicted molar refractivity (Wildman–Crippen MR) is 147 cm³/mol. The molecule has 0 atom stereocenters. The van der Waals surface area contributed by atoms with Gasteiger partial charge in [-0.05, 0) is 19.3 Å². The summed E-state index contributed by atoms with van der Waals surface area (Å²) >= 11 is 0. The maximum absolute atomic E-state index is 11.2. The molecular formula is C30H55NO6. The quantitative estimate of drug-likeness (QED) is 0.0724. The summed E-state index contributed by atoms with van der Waals surface area (Å²) in [6.45, 7) is 0.759. The molecule has 7 heteroatoms. The molecule has 0 saturated carbocycles. The van der Waals surface area contributed by atoms with Gasteiger partial charge in [-0.15, -0.1) is 0 Å². The first-order valence-electron chi connectivity index (χ1n) is 14.9. The number of quaternary nitrogens is 1. The Morgan fingerprint density at radius 1 is 0.568 bits per heavy atom. The number of rotatable bonds is 28. The Morgan fingerprint density at radius 2 is 0.919 bits per heavy atom. The van der Waals surface area contributed by atoms with Gasteiger partial charge in [0.2, 0.25) is 0 Å². The van der Waals surface area contributed by atoms with E-state index in [4.69, 9.17) is 10.2 Å². The van der Waals surface area contributed by atoms with E-state index >= 15 is 0 Å². The van der Waals surface area contributed by atoms with Crippen molar-refractivity contribution < 1.29 is 34.2 Å². The van der Waals surface area contributed by atoms with Crippen LogP contribution in [-0.4, -0.2) is 58.8 Å². The molecule has 7 nitrogen and oxygen atoms in total. The lowest BCUT2D eigenvalue weighted by atomic mass is 10.0. The third kappa shape index (κ3) is 24.2. The Bertz CT molecular complexity index is 578. The molecule has 2 N–H and O–H groups in total. The maximum Gasteiger partial charge on any atom is 0.359 e. The van der Waals surface area contributed by atoms with Crippen LogP contribution < -0.4 is 5.11 Å². The summed E-state index contributed by atoms with van der Waals surface area (Å²) in [5, 5.41) is 29.3. The van der Waals surface area contributed by atoms with Crippen LogP contribution in [0.2, 0.25) is 0 Å². The zero-order valence-corrected chi connectivity index (χ0v) is 23.6. The zero-order chi connectivity index (χ0) is 27.6. The number of carbonyl (C=O) groups is 3. The molecule has 0 unspecified atom stereocenters. The second-order valence-corrected chi connectivity index (χ2v) is 10.8. The van der Waals surface area contributed by atoms with Crippen LogP contribution in [0.5, 0.6) is 0 Å². The van der Waals surface area contributed by atoms with E-state index in [1.165, 1.54) is 103 Å². The van der Waals surface area contributed by atoms with Crippen LogP contribution in [0, 0.1) is 0 Å². The highest BCUT2D eigenvalue weighted by atomic mass is 16.4.